The van der Waals surface area contributed by atoms with Crippen molar-refractivity contribution in [2.45, 2.75) is 25.9 Å². The number of aliphatic hydroxyl groups is 1. The Labute approximate surface area is 90.7 Å². The third-order valence-corrected chi connectivity index (χ3v) is 2.69. The van der Waals surface area contributed by atoms with Crippen LogP contribution in [0.1, 0.15) is 19.4 Å². The van der Waals surface area contributed by atoms with Crippen LogP contribution >= 0.6 is 0 Å². The zero-order valence-corrected chi connectivity index (χ0v) is 9.57. The standard InChI is InChI=1S/C11H19N3O/c1-11(2,8-15)14(3)7-9-4-5-10(12)13-6-9/h4-6,15H,7-8H2,1-3H3,(H2,12,13). The average Bonchev–Trinajstić information content (AvgIpc) is 2.21. The summed E-state index contributed by atoms with van der Waals surface area (Å²) in [5.41, 5.74) is 6.37. The van der Waals surface area contributed by atoms with Crippen molar-refractivity contribution in [2.75, 3.05) is 19.4 Å². The van der Waals surface area contributed by atoms with Crippen molar-refractivity contribution in [1.29, 1.82) is 0 Å². The van der Waals surface area contributed by atoms with Crippen LogP contribution in [0.2, 0.25) is 0 Å². The number of hydrogen-bond acceptors (Lipinski definition) is 4. The smallest absolute Gasteiger partial charge is 0.123 e. The zero-order chi connectivity index (χ0) is 11.5. The van der Waals surface area contributed by atoms with Crippen LogP contribution in [-0.4, -0.2) is 34.2 Å². The summed E-state index contributed by atoms with van der Waals surface area (Å²) in [6.45, 7) is 4.88. The van der Waals surface area contributed by atoms with E-state index in [0.29, 0.717) is 5.82 Å². The molecule has 0 amide bonds. The topological polar surface area (TPSA) is 62.4 Å². The Morgan fingerprint density at radius 3 is 2.60 bits per heavy atom. The molecule has 0 unspecified atom stereocenters. The number of anilines is 1. The highest BCUT2D eigenvalue weighted by molar-refractivity contribution is 5.29. The number of aromatic nitrogens is 1. The van der Waals surface area contributed by atoms with Crippen molar-refractivity contribution < 1.29 is 5.11 Å². The number of rotatable bonds is 4. The number of nitrogens with zero attached hydrogens (tertiary/aromatic N) is 2. The number of nitrogen functional groups attached to an aromatic ring is 1. The van der Waals surface area contributed by atoms with E-state index < -0.39 is 0 Å². The van der Waals surface area contributed by atoms with E-state index in [4.69, 9.17) is 5.73 Å². The van der Waals surface area contributed by atoms with Gasteiger partial charge in [-0.3, -0.25) is 4.90 Å². The molecule has 0 saturated carbocycles. The lowest BCUT2D eigenvalue weighted by molar-refractivity contribution is 0.0733. The molecule has 3 N–H and O–H groups in total. The lowest BCUT2D eigenvalue weighted by Gasteiger charge is -2.33. The molecule has 0 radical (unpaired) electrons. The lowest BCUT2D eigenvalue weighted by atomic mass is 10.0. The first-order valence-corrected chi connectivity index (χ1v) is 4.98. The minimum absolute atomic E-state index is 0.131. The summed E-state index contributed by atoms with van der Waals surface area (Å²) in [5.74, 6) is 0.530. The second-order valence-electron chi connectivity index (χ2n) is 4.42. The first-order valence-electron chi connectivity index (χ1n) is 4.98. The number of aliphatic hydroxyl groups excluding tert-OH is 1. The number of likely N-dealkylation sites (N-methyl/N-ethyl adjacent to an activating group) is 1. The SMILES string of the molecule is CN(Cc1ccc(N)nc1)C(C)(C)CO. The van der Waals surface area contributed by atoms with Crippen LogP contribution < -0.4 is 5.73 Å². The van der Waals surface area contributed by atoms with Crippen LogP contribution in [0.15, 0.2) is 18.3 Å². The quantitative estimate of drug-likeness (QED) is 0.772. The molecule has 4 nitrogen and oxygen atoms in total. The highest BCUT2D eigenvalue weighted by atomic mass is 16.3. The van der Waals surface area contributed by atoms with Crippen LogP contribution in [0, 0.1) is 0 Å². The van der Waals surface area contributed by atoms with Crippen LogP contribution in [0.25, 0.3) is 0 Å². The molecule has 0 aliphatic carbocycles. The molecular formula is C11H19N3O. The molecule has 0 aliphatic rings. The van der Waals surface area contributed by atoms with E-state index >= 15 is 0 Å². The van der Waals surface area contributed by atoms with E-state index in [1.807, 2.05) is 27.0 Å². The van der Waals surface area contributed by atoms with Gasteiger partial charge in [-0.05, 0) is 32.5 Å². The summed E-state index contributed by atoms with van der Waals surface area (Å²) in [5, 5.41) is 9.21. The molecular weight excluding hydrogens is 190 g/mol. The van der Waals surface area contributed by atoms with Crippen LogP contribution in [-0.2, 0) is 6.54 Å². The van der Waals surface area contributed by atoms with Gasteiger partial charge in [0.2, 0.25) is 0 Å². The molecule has 1 rings (SSSR count). The first kappa shape index (κ1) is 11.9. The maximum absolute atomic E-state index is 9.21. The molecule has 0 spiro atoms. The van der Waals surface area contributed by atoms with Crippen molar-refractivity contribution in [2.24, 2.45) is 0 Å². The van der Waals surface area contributed by atoms with Crippen molar-refractivity contribution in [1.82, 2.24) is 9.88 Å². The Morgan fingerprint density at radius 2 is 2.13 bits per heavy atom. The maximum atomic E-state index is 9.21. The summed E-state index contributed by atoms with van der Waals surface area (Å²) >= 11 is 0. The third kappa shape index (κ3) is 3.18. The predicted octanol–water partition coefficient (Wildman–Crippen LogP) is 0.867. The van der Waals surface area contributed by atoms with Gasteiger partial charge in [-0.15, -0.1) is 0 Å². The molecule has 0 saturated heterocycles. The first-order chi connectivity index (χ1) is 6.95. The highest BCUT2D eigenvalue weighted by Crippen LogP contribution is 2.14. The summed E-state index contributed by atoms with van der Waals surface area (Å²) in [7, 11) is 1.98. The summed E-state index contributed by atoms with van der Waals surface area (Å²) in [6, 6.07) is 3.74. The summed E-state index contributed by atoms with van der Waals surface area (Å²) in [6.07, 6.45) is 1.76. The fourth-order valence-corrected chi connectivity index (χ4v) is 1.14. The van der Waals surface area contributed by atoms with Gasteiger partial charge in [-0.25, -0.2) is 4.98 Å². The lowest BCUT2D eigenvalue weighted by Crippen LogP contribution is -2.43. The van der Waals surface area contributed by atoms with Crippen molar-refractivity contribution >= 4 is 5.82 Å². The van der Waals surface area contributed by atoms with E-state index in [9.17, 15) is 5.11 Å². The fraction of sp³-hybridized carbons (Fsp3) is 0.545. The van der Waals surface area contributed by atoms with Crippen LogP contribution in [0.3, 0.4) is 0 Å². The highest BCUT2D eigenvalue weighted by Gasteiger charge is 2.22. The second kappa shape index (κ2) is 4.59. The molecule has 1 aromatic rings. The molecule has 1 heterocycles. The Bertz CT molecular complexity index is 308. The van der Waals surface area contributed by atoms with Gasteiger partial charge in [0, 0.05) is 18.3 Å². The molecule has 0 aromatic carbocycles. The van der Waals surface area contributed by atoms with Crippen molar-refractivity contribution in [3.05, 3.63) is 23.9 Å². The number of nitrogens with two attached hydrogens (primary N) is 1. The Morgan fingerprint density at radius 1 is 1.47 bits per heavy atom. The zero-order valence-electron chi connectivity index (χ0n) is 9.57. The van der Waals surface area contributed by atoms with Crippen molar-refractivity contribution in [3.8, 4) is 0 Å². The normalized spacial score (nSPS) is 12.1. The van der Waals surface area contributed by atoms with Crippen molar-refractivity contribution in [3.63, 3.8) is 0 Å². The number of hydrogen-bond donors (Lipinski definition) is 2. The minimum Gasteiger partial charge on any atom is -0.394 e. The third-order valence-electron chi connectivity index (χ3n) is 2.69. The summed E-state index contributed by atoms with van der Waals surface area (Å²) < 4.78 is 0. The second-order valence-corrected chi connectivity index (χ2v) is 4.42. The Balaban J connectivity index is 2.66. The van der Waals surface area contributed by atoms with E-state index in [1.54, 1.807) is 12.3 Å². The molecule has 1 aromatic heterocycles. The largest absolute Gasteiger partial charge is 0.394 e. The van der Waals surface area contributed by atoms with E-state index in [2.05, 4.69) is 9.88 Å². The van der Waals surface area contributed by atoms with E-state index in [1.165, 1.54) is 0 Å². The molecule has 0 aliphatic heterocycles. The van der Waals surface area contributed by atoms with Crippen LogP contribution in [0.4, 0.5) is 5.82 Å². The fourth-order valence-electron chi connectivity index (χ4n) is 1.14. The predicted molar refractivity (Wildman–Crippen MR) is 61.3 cm³/mol. The maximum Gasteiger partial charge on any atom is 0.123 e. The van der Waals surface area contributed by atoms with E-state index in [-0.39, 0.29) is 12.1 Å². The van der Waals surface area contributed by atoms with Crippen LogP contribution in [0.5, 0.6) is 0 Å². The van der Waals surface area contributed by atoms with Gasteiger partial charge in [0.25, 0.3) is 0 Å². The molecule has 15 heavy (non-hydrogen) atoms. The Hall–Kier alpha value is -1.13. The number of pyridine rings is 1. The van der Waals surface area contributed by atoms with Gasteiger partial charge < -0.3 is 10.8 Å². The summed E-state index contributed by atoms with van der Waals surface area (Å²) in [4.78, 5) is 6.11. The molecule has 84 valence electrons. The molecule has 0 fully saturated rings. The molecule has 0 atom stereocenters. The minimum atomic E-state index is -0.221. The van der Waals surface area contributed by atoms with Gasteiger partial charge >= 0.3 is 0 Å². The monoisotopic (exact) mass is 209 g/mol. The average molecular weight is 209 g/mol. The Kier molecular flexibility index (Phi) is 3.66. The van der Waals surface area contributed by atoms with Gasteiger partial charge in [0.05, 0.1) is 6.61 Å². The molecule has 0 bridgehead atoms. The van der Waals surface area contributed by atoms with E-state index in [0.717, 1.165) is 12.1 Å². The van der Waals surface area contributed by atoms with Gasteiger partial charge in [-0.1, -0.05) is 6.07 Å². The van der Waals surface area contributed by atoms with Gasteiger partial charge in [0.1, 0.15) is 5.82 Å². The van der Waals surface area contributed by atoms with Gasteiger partial charge in [0.15, 0.2) is 0 Å². The molecule has 4 heteroatoms. The van der Waals surface area contributed by atoms with Gasteiger partial charge in [-0.2, -0.15) is 0 Å².